The maximum absolute atomic E-state index is 12.2. The molecule has 2 aromatic rings. The number of benzene rings is 1. The largest absolute Gasteiger partial charge is 0.375 e. The topological polar surface area (TPSA) is 85.1 Å². The Morgan fingerprint density at radius 1 is 1.33 bits per heavy atom. The monoisotopic (exact) mass is 323 g/mol. The summed E-state index contributed by atoms with van der Waals surface area (Å²) >= 11 is 1.46. The van der Waals surface area contributed by atoms with E-state index < -0.39 is 10.0 Å². The van der Waals surface area contributed by atoms with Crippen LogP contribution in [0.3, 0.4) is 0 Å². The first kappa shape index (κ1) is 14.5. The van der Waals surface area contributed by atoms with E-state index >= 15 is 0 Å². The van der Waals surface area contributed by atoms with Crippen LogP contribution in [0.4, 0.5) is 5.13 Å². The Balaban J connectivity index is 1.67. The first-order valence-corrected chi connectivity index (χ1v) is 9.27. The van der Waals surface area contributed by atoms with Crippen molar-refractivity contribution in [3.63, 3.8) is 0 Å². The summed E-state index contributed by atoms with van der Waals surface area (Å²) in [6, 6.07) is 9.14. The van der Waals surface area contributed by atoms with E-state index in [-0.39, 0.29) is 11.8 Å². The molecule has 3 N–H and O–H groups in total. The summed E-state index contributed by atoms with van der Waals surface area (Å²) < 4.78 is 27.3. The van der Waals surface area contributed by atoms with Gasteiger partial charge in [-0.25, -0.2) is 18.1 Å². The number of hydrogen-bond acceptors (Lipinski definition) is 5. The number of aromatic nitrogens is 1. The maximum Gasteiger partial charge on any atom is 0.216 e. The van der Waals surface area contributed by atoms with Crippen LogP contribution in [0.15, 0.2) is 30.3 Å². The standard InChI is InChI=1S/C14H17N3O2S2/c15-14-16-12-7-6-11(8-13(12)20-14)17-21(18,19)9-10-4-2-1-3-5-10/h1-5,11,17H,6-9H2,(H2,15,16). The number of nitrogens with one attached hydrogen (secondary N) is 1. The molecule has 3 rings (SSSR count). The second kappa shape index (κ2) is 5.75. The van der Waals surface area contributed by atoms with Gasteiger partial charge in [0.15, 0.2) is 5.13 Å². The van der Waals surface area contributed by atoms with Crippen LogP contribution in [0.5, 0.6) is 0 Å². The molecule has 1 aromatic heterocycles. The summed E-state index contributed by atoms with van der Waals surface area (Å²) in [5.74, 6) is 0.0159. The first-order valence-electron chi connectivity index (χ1n) is 6.80. The van der Waals surface area contributed by atoms with Crippen molar-refractivity contribution in [1.82, 2.24) is 9.71 Å². The van der Waals surface area contributed by atoms with Gasteiger partial charge in [-0.1, -0.05) is 30.3 Å². The zero-order valence-corrected chi connectivity index (χ0v) is 13.1. The summed E-state index contributed by atoms with van der Waals surface area (Å²) in [4.78, 5) is 5.37. The van der Waals surface area contributed by atoms with Crippen LogP contribution in [0.25, 0.3) is 0 Å². The molecule has 112 valence electrons. The first-order chi connectivity index (χ1) is 10.0. The van der Waals surface area contributed by atoms with E-state index in [0.29, 0.717) is 11.6 Å². The van der Waals surface area contributed by atoms with E-state index in [9.17, 15) is 8.42 Å². The van der Waals surface area contributed by atoms with Crippen LogP contribution in [0, 0.1) is 0 Å². The summed E-state index contributed by atoms with van der Waals surface area (Å²) in [6.07, 6.45) is 2.23. The number of nitrogens with two attached hydrogens (primary N) is 1. The van der Waals surface area contributed by atoms with Gasteiger partial charge < -0.3 is 5.73 Å². The second-order valence-electron chi connectivity index (χ2n) is 5.22. The van der Waals surface area contributed by atoms with E-state index in [1.807, 2.05) is 30.3 Å². The van der Waals surface area contributed by atoms with Crippen molar-refractivity contribution in [3.8, 4) is 0 Å². The molecule has 0 saturated heterocycles. The Hall–Kier alpha value is -1.44. The van der Waals surface area contributed by atoms with Gasteiger partial charge in [0, 0.05) is 17.3 Å². The van der Waals surface area contributed by atoms with Gasteiger partial charge in [0.25, 0.3) is 0 Å². The minimum absolute atomic E-state index is 0.0159. The normalized spacial score (nSPS) is 18.4. The highest BCUT2D eigenvalue weighted by atomic mass is 32.2. The number of fused-ring (bicyclic) bond motifs is 1. The fourth-order valence-corrected chi connectivity index (χ4v) is 4.97. The highest BCUT2D eigenvalue weighted by molar-refractivity contribution is 7.88. The van der Waals surface area contributed by atoms with E-state index in [2.05, 4.69) is 9.71 Å². The lowest BCUT2D eigenvalue weighted by atomic mass is 9.99. The fourth-order valence-electron chi connectivity index (χ4n) is 2.58. The molecule has 0 bridgehead atoms. The summed E-state index contributed by atoms with van der Waals surface area (Å²) in [7, 11) is -3.33. The molecule has 0 saturated carbocycles. The van der Waals surface area contributed by atoms with Gasteiger partial charge in [-0.15, -0.1) is 11.3 Å². The van der Waals surface area contributed by atoms with Gasteiger partial charge in [-0.3, -0.25) is 0 Å². The van der Waals surface area contributed by atoms with Gasteiger partial charge >= 0.3 is 0 Å². The molecule has 0 fully saturated rings. The number of aryl methyl sites for hydroxylation is 1. The lowest BCUT2D eigenvalue weighted by Crippen LogP contribution is -2.39. The van der Waals surface area contributed by atoms with Crippen LogP contribution in [0.2, 0.25) is 0 Å². The van der Waals surface area contributed by atoms with Crippen molar-refractivity contribution in [1.29, 1.82) is 0 Å². The van der Waals surface area contributed by atoms with E-state index in [4.69, 9.17) is 5.73 Å². The SMILES string of the molecule is Nc1nc2c(s1)CC(NS(=O)(=O)Cc1ccccc1)CC2. The minimum Gasteiger partial charge on any atom is -0.375 e. The number of nitrogens with zero attached hydrogens (tertiary/aromatic N) is 1. The number of nitrogen functional groups attached to an aromatic ring is 1. The molecule has 5 nitrogen and oxygen atoms in total. The maximum atomic E-state index is 12.2. The lowest BCUT2D eigenvalue weighted by Gasteiger charge is -2.22. The van der Waals surface area contributed by atoms with Crippen LogP contribution in [-0.4, -0.2) is 19.4 Å². The average molecular weight is 323 g/mol. The number of hydrogen-bond donors (Lipinski definition) is 2. The Morgan fingerprint density at radius 2 is 2.10 bits per heavy atom. The van der Waals surface area contributed by atoms with Gasteiger partial charge in [-0.05, 0) is 18.4 Å². The molecule has 0 amide bonds. The molecule has 1 aliphatic rings. The predicted octanol–water partition coefficient (Wildman–Crippen LogP) is 1.70. The number of anilines is 1. The van der Waals surface area contributed by atoms with Gasteiger partial charge in [-0.2, -0.15) is 0 Å². The molecule has 1 atom stereocenters. The molecule has 1 heterocycles. The third-order valence-electron chi connectivity index (χ3n) is 3.50. The molecule has 1 aromatic carbocycles. The molecule has 0 radical (unpaired) electrons. The van der Waals surface area contributed by atoms with Gasteiger partial charge in [0.05, 0.1) is 11.4 Å². The molecule has 1 aliphatic carbocycles. The van der Waals surface area contributed by atoms with Crippen molar-refractivity contribution < 1.29 is 8.42 Å². The van der Waals surface area contributed by atoms with Crippen LogP contribution in [-0.2, 0) is 28.6 Å². The molecule has 0 aliphatic heterocycles. The van der Waals surface area contributed by atoms with Crippen molar-refractivity contribution in [2.45, 2.75) is 31.1 Å². The van der Waals surface area contributed by atoms with Gasteiger partial charge in [0.2, 0.25) is 10.0 Å². The Kier molecular flexibility index (Phi) is 3.97. The molecular formula is C14H17N3O2S2. The third-order valence-corrected chi connectivity index (χ3v) is 5.86. The van der Waals surface area contributed by atoms with Crippen molar-refractivity contribution >= 4 is 26.5 Å². The summed E-state index contributed by atoms with van der Waals surface area (Å²) in [5, 5.41) is 0.563. The van der Waals surface area contributed by atoms with Gasteiger partial charge in [0.1, 0.15) is 0 Å². The average Bonchev–Trinajstić information content (AvgIpc) is 2.78. The van der Waals surface area contributed by atoms with E-state index in [1.165, 1.54) is 11.3 Å². The summed E-state index contributed by atoms with van der Waals surface area (Å²) in [5.41, 5.74) is 7.52. The zero-order chi connectivity index (χ0) is 14.9. The fraction of sp³-hybridized carbons (Fsp3) is 0.357. The lowest BCUT2D eigenvalue weighted by molar-refractivity contribution is 0.507. The number of rotatable bonds is 4. The highest BCUT2D eigenvalue weighted by Crippen LogP contribution is 2.28. The van der Waals surface area contributed by atoms with Crippen LogP contribution in [0.1, 0.15) is 22.6 Å². The quantitative estimate of drug-likeness (QED) is 0.897. The highest BCUT2D eigenvalue weighted by Gasteiger charge is 2.25. The number of sulfonamides is 1. The molecule has 1 unspecified atom stereocenters. The Bertz CT molecular complexity index is 726. The van der Waals surface area contributed by atoms with Crippen molar-refractivity contribution in [3.05, 3.63) is 46.5 Å². The van der Waals surface area contributed by atoms with Crippen molar-refractivity contribution in [2.24, 2.45) is 0 Å². The molecule has 0 spiro atoms. The Morgan fingerprint density at radius 3 is 2.86 bits per heavy atom. The minimum atomic E-state index is -3.33. The molecule has 21 heavy (non-hydrogen) atoms. The van der Waals surface area contributed by atoms with E-state index in [0.717, 1.165) is 29.0 Å². The Labute approximate surface area is 128 Å². The van der Waals surface area contributed by atoms with Crippen LogP contribution < -0.4 is 10.5 Å². The van der Waals surface area contributed by atoms with Crippen molar-refractivity contribution in [2.75, 3.05) is 5.73 Å². The smallest absolute Gasteiger partial charge is 0.216 e. The molecular weight excluding hydrogens is 306 g/mol. The molecule has 7 heteroatoms. The van der Waals surface area contributed by atoms with E-state index in [1.54, 1.807) is 0 Å². The summed E-state index contributed by atoms with van der Waals surface area (Å²) in [6.45, 7) is 0. The van der Waals surface area contributed by atoms with Crippen LogP contribution >= 0.6 is 11.3 Å². The number of thiazole rings is 1. The zero-order valence-electron chi connectivity index (χ0n) is 11.5. The second-order valence-corrected chi connectivity index (χ2v) is 8.09. The predicted molar refractivity (Wildman–Crippen MR) is 84.5 cm³/mol. The third kappa shape index (κ3) is 3.61.